The van der Waals surface area contributed by atoms with Gasteiger partial charge in [0.25, 0.3) is 0 Å². The summed E-state index contributed by atoms with van der Waals surface area (Å²) >= 11 is 0. The van der Waals surface area contributed by atoms with Crippen LogP contribution >= 0.6 is 0 Å². The first-order valence-electron chi connectivity index (χ1n) is 4.65. The summed E-state index contributed by atoms with van der Waals surface area (Å²) in [6.45, 7) is 3.88. The maximum absolute atomic E-state index is 11.3. The number of aryl methyl sites for hydroxylation is 1. The summed E-state index contributed by atoms with van der Waals surface area (Å²) in [5.74, 6) is -0.621. The summed E-state index contributed by atoms with van der Waals surface area (Å²) in [4.78, 5) is 11.3. The van der Waals surface area contributed by atoms with Crippen LogP contribution in [0.2, 0.25) is 0 Å². The van der Waals surface area contributed by atoms with E-state index in [4.69, 9.17) is 9.94 Å². The molecule has 0 radical (unpaired) electrons. The first-order valence-corrected chi connectivity index (χ1v) is 4.65. The van der Waals surface area contributed by atoms with E-state index in [0.29, 0.717) is 5.56 Å². The van der Waals surface area contributed by atoms with Gasteiger partial charge in [-0.15, -0.1) is 0 Å². The van der Waals surface area contributed by atoms with Gasteiger partial charge in [-0.2, -0.15) is 0 Å². The molecule has 0 aliphatic carbocycles. The molecule has 0 aliphatic heterocycles. The lowest BCUT2D eigenvalue weighted by Gasteiger charge is -2.04. The maximum atomic E-state index is 11.3. The van der Waals surface area contributed by atoms with Crippen LogP contribution in [-0.2, 0) is 9.53 Å². The minimum Gasteiger partial charge on any atom is -0.461 e. The lowest BCUT2D eigenvalue weighted by Crippen LogP contribution is -2.18. The summed E-state index contributed by atoms with van der Waals surface area (Å²) in [7, 11) is 0. The number of esters is 1. The molecular weight excluding hydrogens is 194 g/mol. The molecule has 1 rings (SSSR count). The third kappa shape index (κ3) is 2.80. The van der Waals surface area contributed by atoms with Crippen molar-refractivity contribution < 1.29 is 14.7 Å². The summed E-state index contributed by atoms with van der Waals surface area (Å²) in [6.07, 6.45) is 0. The maximum Gasteiger partial charge on any atom is 0.361 e. The molecule has 0 saturated carbocycles. The fourth-order valence-corrected chi connectivity index (χ4v) is 1.13. The summed E-state index contributed by atoms with van der Waals surface area (Å²) < 4.78 is 4.75. The van der Waals surface area contributed by atoms with Crippen molar-refractivity contribution in [3.63, 3.8) is 0 Å². The highest BCUT2D eigenvalue weighted by molar-refractivity contribution is 6.43. The molecule has 0 heterocycles. The smallest absolute Gasteiger partial charge is 0.361 e. The molecule has 0 unspecified atom stereocenters. The average Bonchev–Trinajstić information content (AvgIpc) is 2.22. The molecule has 0 spiro atoms. The zero-order chi connectivity index (χ0) is 11.3. The van der Waals surface area contributed by atoms with Crippen LogP contribution in [0.25, 0.3) is 0 Å². The van der Waals surface area contributed by atoms with Crippen LogP contribution in [0.4, 0.5) is 0 Å². The second-order valence-corrected chi connectivity index (χ2v) is 3.04. The van der Waals surface area contributed by atoms with Gasteiger partial charge in [0.1, 0.15) is 0 Å². The highest BCUT2D eigenvalue weighted by Gasteiger charge is 2.15. The Kier molecular flexibility index (Phi) is 3.85. The molecular formula is C11H13NO3. The molecule has 1 N–H and O–H groups in total. The zero-order valence-corrected chi connectivity index (χ0v) is 8.73. The minimum absolute atomic E-state index is 0.0724. The van der Waals surface area contributed by atoms with Crippen molar-refractivity contribution in [2.24, 2.45) is 5.16 Å². The first-order chi connectivity index (χ1) is 7.19. The Morgan fingerprint density at radius 2 is 2.00 bits per heavy atom. The fourth-order valence-electron chi connectivity index (χ4n) is 1.13. The minimum atomic E-state index is -0.621. The molecule has 0 aliphatic rings. The molecule has 0 fully saturated rings. The van der Waals surface area contributed by atoms with Gasteiger partial charge in [-0.25, -0.2) is 4.79 Å². The number of hydrogen-bond acceptors (Lipinski definition) is 4. The van der Waals surface area contributed by atoms with E-state index in [1.165, 1.54) is 0 Å². The Morgan fingerprint density at radius 3 is 2.47 bits per heavy atom. The summed E-state index contributed by atoms with van der Waals surface area (Å²) in [5, 5.41) is 11.7. The molecule has 0 bridgehead atoms. The van der Waals surface area contributed by atoms with Crippen LogP contribution in [0.1, 0.15) is 18.1 Å². The van der Waals surface area contributed by atoms with Crippen molar-refractivity contribution >= 4 is 11.7 Å². The van der Waals surface area contributed by atoms with Crippen LogP contribution < -0.4 is 0 Å². The van der Waals surface area contributed by atoms with Gasteiger partial charge in [0.2, 0.25) is 0 Å². The number of carbonyl (C=O) groups is 1. The van der Waals surface area contributed by atoms with Crippen LogP contribution in [0.3, 0.4) is 0 Å². The van der Waals surface area contributed by atoms with Crippen molar-refractivity contribution in [2.75, 3.05) is 6.61 Å². The molecule has 80 valence electrons. The largest absolute Gasteiger partial charge is 0.461 e. The van der Waals surface area contributed by atoms with E-state index < -0.39 is 5.97 Å². The lowest BCUT2D eigenvalue weighted by molar-refractivity contribution is -0.135. The van der Waals surface area contributed by atoms with Gasteiger partial charge in [0, 0.05) is 5.56 Å². The standard InChI is InChI=1S/C11H13NO3/c1-3-15-11(13)10(12-14)9-6-4-8(2)5-7-9/h4-7,14H,3H2,1-2H3/b12-10-. The predicted molar refractivity (Wildman–Crippen MR) is 56.1 cm³/mol. The number of hydrogen-bond donors (Lipinski definition) is 1. The first kappa shape index (κ1) is 11.2. The molecule has 0 atom stereocenters. The third-order valence-electron chi connectivity index (χ3n) is 1.89. The number of rotatable bonds is 3. The Labute approximate surface area is 88.2 Å². The topological polar surface area (TPSA) is 58.9 Å². The van der Waals surface area contributed by atoms with Gasteiger partial charge in [0.15, 0.2) is 5.71 Å². The van der Waals surface area contributed by atoms with Crippen molar-refractivity contribution in [1.29, 1.82) is 0 Å². The van der Waals surface area contributed by atoms with E-state index in [9.17, 15) is 4.79 Å². The number of oxime groups is 1. The molecule has 4 nitrogen and oxygen atoms in total. The van der Waals surface area contributed by atoms with Crippen molar-refractivity contribution in [1.82, 2.24) is 0 Å². The van der Waals surface area contributed by atoms with Crippen molar-refractivity contribution in [3.05, 3.63) is 35.4 Å². The number of carbonyl (C=O) groups excluding carboxylic acids is 1. The van der Waals surface area contributed by atoms with Gasteiger partial charge >= 0.3 is 5.97 Å². The summed E-state index contributed by atoms with van der Waals surface area (Å²) in [5.41, 5.74) is 1.54. The Hall–Kier alpha value is -1.84. The quantitative estimate of drug-likeness (QED) is 0.355. The summed E-state index contributed by atoms with van der Waals surface area (Å²) in [6, 6.07) is 7.09. The predicted octanol–water partition coefficient (Wildman–Crippen LogP) is 1.74. The SMILES string of the molecule is CCOC(=O)/C(=N\O)c1ccc(C)cc1. The second kappa shape index (κ2) is 5.14. The van der Waals surface area contributed by atoms with Gasteiger partial charge in [-0.05, 0) is 13.8 Å². The second-order valence-electron chi connectivity index (χ2n) is 3.04. The number of nitrogens with zero attached hydrogens (tertiary/aromatic N) is 1. The van der Waals surface area contributed by atoms with Gasteiger partial charge < -0.3 is 9.94 Å². The van der Waals surface area contributed by atoms with Crippen molar-refractivity contribution in [3.8, 4) is 0 Å². The number of benzene rings is 1. The zero-order valence-electron chi connectivity index (χ0n) is 8.73. The molecule has 1 aromatic carbocycles. The van der Waals surface area contributed by atoms with E-state index in [0.717, 1.165) is 5.56 Å². The molecule has 4 heteroatoms. The average molecular weight is 207 g/mol. The van der Waals surface area contributed by atoms with E-state index in [1.54, 1.807) is 19.1 Å². The van der Waals surface area contributed by atoms with E-state index in [2.05, 4.69) is 5.16 Å². The van der Waals surface area contributed by atoms with Gasteiger partial charge in [0.05, 0.1) is 6.61 Å². The van der Waals surface area contributed by atoms with E-state index in [-0.39, 0.29) is 12.3 Å². The molecule has 1 aromatic rings. The third-order valence-corrected chi connectivity index (χ3v) is 1.89. The molecule has 0 aromatic heterocycles. The Bertz CT molecular complexity index is 368. The molecule has 15 heavy (non-hydrogen) atoms. The highest BCUT2D eigenvalue weighted by Crippen LogP contribution is 2.06. The molecule has 0 amide bonds. The van der Waals surface area contributed by atoms with Crippen molar-refractivity contribution in [2.45, 2.75) is 13.8 Å². The lowest BCUT2D eigenvalue weighted by atomic mass is 10.1. The monoisotopic (exact) mass is 207 g/mol. The Morgan fingerprint density at radius 1 is 1.40 bits per heavy atom. The van der Waals surface area contributed by atoms with Crippen LogP contribution in [0.5, 0.6) is 0 Å². The number of ether oxygens (including phenoxy) is 1. The Balaban J connectivity index is 2.94. The molecule has 0 saturated heterocycles. The van der Waals surface area contributed by atoms with Gasteiger partial charge in [-0.3, -0.25) is 0 Å². The van der Waals surface area contributed by atoms with Crippen LogP contribution in [0.15, 0.2) is 29.4 Å². The van der Waals surface area contributed by atoms with Crippen LogP contribution in [-0.4, -0.2) is 23.5 Å². The normalized spacial score (nSPS) is 11.2. The highest BCUT2D eigenvalue weighted by atomic mass is 16.5. The van der Waals surface area contributed by atoms with Crippen LogP contribution in [0, 0.1) is 6.92 Å². The van der Waals surface area contributed by atoms with E-state index >= 15 is 0 Å². The fraction of sp³-hybridized carbons (Fsp3) is 0.273. The van der Waals surface area contributed by atoms with Gasteiger partial charge in [-0.1, -0.05) is 35.0 Å². The van der Waals surface area contributed by atoms with E-state index in [1.807, 2.05) is 19.1 Å².